The summed E-state index contributed by atoms with van der Waals surface area (Å²) >= 11 is 0. The summed E-state index contributed by atoms with van der Waals surface area (Å²) in [6.45, 7) is 10.6. The van der Waals surface area contributed by atoms with Crippen molar-refractivity contribution < 1.29 is 10.2 Å². The van der Waals surface area contributed by atoms with Gasteiger partial charge in [-0.25, -0.2) is 0 Å². The first-order valence-corrected chi connectivity index (χ1v) is 12.3. The van der Waals surface area contributed by atoms with Crippen LogP contribution in [-0.4, -0.2) is 10.2 Å². The van der Waals surface area contributed by atoms with Crippen LogP contribution in [0.1, 0.15) is 115 Å². The Morgan fingerprint density at radius 2 is 1.47 bits per heavy atom. The molecule has 2 atom stereocenters. The second kappa shape index (κ2) is 12.9. The van der Waals surface area contributed by atoms with Crippen molar-refractivity contribution in [3.05, 3.63) is 47.1 Å². The monoisotopic (exact) mass is 412 g/mol. The maximum Gasteiger partial charge on any atom is 0.123 e. The highest BCUT2D eigenvalue weighted by Crippen LogP contribution is 2.46. The van der Waals surface area contributed by atoms with Crippen molar-refractivity contribution in [3.8, 4) is 11.5 Å². The van der Waals surface area contributed by atoms with Gasteiger partial charge < -0.3 is 10.2 Å². The molecule has 0 saturated carbocycles. The smallest absolute Gasteiger partial charge is 0.123 e. The maximum atomic E-state index is 10.8. The number of allylic oxidation sites excluding steroid dienone is 3. The van der Waals surface area contributed by atoms with Crippen LogP contribution < -0.4 is 0 Å². The number of phenolic OH excluding ortho intramolecular Hbond substituents is 2. The summed E-state index contributed by atoms with van der Waals surface area (Å²) in [5.41, 5.74) is 4.16. The molecule has 0 aliphatic heterocycles. The van der Waals surface area contributed by atoms with Gasteiger partial charge in [0.15, 0.2) is 0 Å². The number of hydrogen-bond donors (Lipinski definition) is 2. The van der Waals surface area contributed by atoms with E-state index in [1.54, 1.807) is 0 Å². The third-order valence-corrected chi connectivity index (χ3v) is 6.73. The minimum absolute atomic E-state index is 0.0163. The molecule has 0 heterocycles. The van der Waals surface area contributed by atoms with Gasteiger partial charge in [0.1, 0.15) is 11.5 Å². The zero-order valence-corrected chi connectivity index (χ0v) is 19.7. The van der Waals surface area contributed by atoms with Crippen LogP contribution in [0.15, 0.2) is 35.9 Å². The van der Waals surface area contributed by atoms with E-state index in [4.69, 9.17) is 0 Å². The molecule has 0 aromatic heterocycles. The number of benzene rings is 1. The van der Waals surface area contributed by atoms with E-state index >= 15 is 0 Å². The number of unbranched alkanes of at least 4 members (excludes halogenated alkanes) is 9. The molecule has 1 aliphatic carbocycles. The summed E-state index contributed by atoms with van der Waals surface area (Å²) in [4.78, 5) is 0. The molecule has 2 nitrogen and oxygen atoms in total. The topological polar surface area (TPSA) is 40.5 Å². The van der Waals surface area contributed by atoms with Gasteiger partial charge in [-0.05, 0) is 63.1 Å². The molecule has 0 spiro atoms. The van der Waals surface area contributed by atoms with E-state index in [2.05, 4.69) is 33.4 Å². The Labute approximate surface area is 185 Å². The molecular weight excluding hydrogens is 368 g/mol. The average Bonchev–Trinajstić information content (AvgIpc) is 2.69. The lowest BCUT2D eigenvalue weighted by atomic mass is 9.73. The fourth-order valence-electron chi connectivity index (χ4n) is 4.89. The van der Waals surface area contributed by atoms with Gasteiger partial charge in [-0.3, -0.25) is 0 Å². The Balaban J connectivity index is 1.85. The van der Waals surface area contributed by atoms with Gasteiger partial charge in [-0.15, -0.1) is 0 Å². The predicted molar refractivity (Wildman–Crippen MR) is 129 cm³/mol. The van der Waals surface area contributed by atoms with Crippen LogP contribution in [0, 0.1) is 5.92 Å². The lowest BCUT2D eigenvalue weighted by Crippen LogP contribution is -2.17. The second-order valence-corrected chi connectivity index (χ2v) is 9.51. The van der Waals surface area contributed by atoms with Gasteiger partial charge in [0.2, 0.25) is 0 Å². The Bertz CT molecular complexity index is 678. The molecule has 1 aromatic carbocycles. The van der Waals surface area contributed by atoms with Crippen molar-refractivity contribution in [3.63, 3.8) is 0 Å². The zero-order valence-electron chi connectivity index (χ0n) is 19.7. The summed E-state index contributed by atoms with van der Waals surface area (Å²) in [7, 11) is 0. The summed E-state index contributed by atoms with van der Waals surface area (Å²) in [6.07, 6.45) is 18.4. The molecule has 0 radical (unpaired) electrons. The average molecular weight is 413 g/mol. The normalized spacial score (nSPS) is 19.0. The molecule has 30 heavy (non-hydrogen) atoms. The molecule has 2 heteroatoms. The van der Waals surface area contributed by atoms with Gasteiger partial charge in [-0.2, -0.15) is 0 Å². The molecule has 2 N–H and O–H groups in total. The number of aromatic hydroxyl groups is 2. The molecule has 0 amide bonds. The van der Waals surface area contributed by atoms with Crippen molar-refractivity contribution >= 4 is 0 Å². The van der Waals surface area contributed by atoms with Gasteiger partial charge in [-0.1, -0.05) is 88.5 Å². The number of rotatable bonds is 13. The molecule has 1 aromatic rings. The van der Waals surface area contributed by atoms with Gasteiger partial charge in [0, 0.05) is 11.5 Å². The first-order chi connectivity index (χ1) is 14.4. The van der Waals surface area contributed by atoms with Crippen LogP contribution in [0.4, 0.5) is 0 Å². The highest BCUT2D eigenvalue weighted by molar-refractivity contribution is 5.51. The van der Waals surface area contributed by atoms with Crippen LogP contribution in [-0.2, 0) is 6.42 Å². The molecule has 2 rings (SSSR count). The van der Waals surface area contributed by atoms with Crippen molar-refractivity contribution in [1.29, 1.82) is 0 Å². The second-order valence-electron chi connectivity index (χ2n) is 9.51. The third-order valence-electron chi connectivity index (χ3n) is 6.73. The van der Waals surface area contributed by atoms with Gasteiger partial charge >= 0.3 is 0 Å². The minimum Gasteiger partial charge on any atom is -0.507 e. The summed E-state index contributed by atoms with van der Waals surface area (Å²) in [6, 6.07) is 3.74. The lowest BCUT2D eigenvalue weighted by molar-refractivity contribution is 0.406. The molecule has 0 fully saturated rings. The summed E-state index contributed by atoms with van der Waals surface area (Å²) < 4.78 is 0. The number of hydrogen-bond acceptors (Lipinski definition) is 2. The first-order valence-electron chi connectivity index (χ1n) is 12.3. The van der Waals surface area contributed by atoms with Crippen LogP contribution in [0.5, 0.6) is 11.5 Å². The lowest BCUT2D eigenvalue weighted by Gasteiger charge is -2.31. The summed E-state index contributed by atoms with van der Waals surface area (Å²) in [5, 5.41) is 21.5. The van der Waals surface area contributed by atoms with E-state index in [0.717, 1.165) is 36.8 Å². The Kier molecular flexibility index (Phi) is 10.5. The minimum atomic E-state index is 0.0163. The molecule has 0 unspecified atom stereocenters. The number of phenols is 2. The fourth-order valence-corrected chi connectivity index (χ4v) is 4.89. The molecule has 168 valence electrons. The van der Waals surface area contributed by atoms with Crippen LogP contribution in [0.25, 0.3) is 0 Å². The SMILES string of the molecule is C=C(C)[C@@H]1CCC(C)=C[C@H]1c1c(O)cc(CCCCCCCCCCCC)cc1O. The molecular formula is C28H44O2. The zero-order chi connectivity index (χ0) is 21.9. The maximum absolute atomic E-state index is 10.8. The number of aryl methyl sites for hydroxylation is 1. The quantitative estimate of drug-likeness (QED) is 0.251. The Hall–Kier alpha value is -1.70. The standard InChI is InChI=1S/C28H44O2/c1-5-6-7-8-9-10-11-12-13-14-15-23-19-26(29)28(27(30)20-23)25-18-22(4)16-17-24(25)21(2)3/h18-20,24-25,29-30H,2,5-17H2,1,3-4H3/t24-,25+/m0/s1. The first kappa shape index (κ1) is 24.6. The van der Waals surface area contributed by atoms with Crippen molar-refractivity contribution in [1.82, 2.24) is 0 Å². The van der Waals surface area contributed by atoms with Crippen molar-refractivity contribution in [2.45, 2.75) is 110 Å². The van der Waals surface area contributed by atoms with Crippen molar-refractivity contribution in [2.24, 2.45) is 5.92 Å². The molecule has 0 bridgehead atoms. The predicted octanol–water partition coefficient (Wildman–Crippen LogP) is 8.58. The summed E-state index contributed by atoms with van der Waals surface area (Å²) in [5.74, 6) is 0.763. The van der Waals surface area contributed by atoms with E-state index < -0.39 is 0 Å². The van der Waals surface area contributed by atoms with E-state index in [9.17, 15) is 10.2 Å². The van der Waals surface area contributed by atoms with Gasteiger partial charge in [0.05, 0.1) is 0 Å². The van der Waals surface area contributed by atoms with Crippen LogP contribution in [0.3, 0.4) is 0 Å². The van der Waals surface area contributed by atoms with E-state index in [-0.39, 0.29) is 23.3 Å². The third kappa shape index (κ3) is 7.52. The van der Waals surface area contributed by atoms with Crippen molar-refractivity contribution in [2.75, 3.05) is 0 Å². The highest BCUT2D eigenvalue weighted by atomic mass is 16.3. The van der Waals surface area contributed by atoms with Crippen LogP contribution >= 0.6 is 0 Å². The van der Waals surface area contributed by atoms with E-state index in [1.807, 2.05) is 12.1 Å². The Morgan fingerprint density at radius 3 is 2.00 bits per heavy atom. The largest absolute Gasteiger partial charge is 0.507 e. The molecule has 0 saturated heterocycles. The fraction of sp³-hybridized carbons (Fsp3) is 0.643. The highest BCUT2D eigenvalue weighted by Gasteiger charge is 2.30. The van der Waals surface area contributed by atoms with E-state index in [0.29, 0.717) is 5.56 Å². The Morgan fingerprint density at radius 1 is 0.933 bits per heavy atom. The molecule has 1 aliphatic rings. The van der Waals surface area contributed by atoms with Crippen LogP contribution in [0.2, 0.25) is 0 Å². The van der Waals surface area contributed by atoms with E-state index in [1.165, 1.54) is 63.4 Å². The van der Waals surface area contributed by atoms with Gasteiger partial charge in [0.25, 0.3) is 0 Å².